The predicted molar refractivity (Wildman–Crippen MR) is 81.1 cm³/mol. The molecule has 6 nitrogen and oxygen atoms in total. The summed E-state index contributed by atoms with van der Waals surface area (Å²) in [5, 5.41) is 6.62. The van der Waals surface area contributed by atoms with Crippen LogP contribution in [0, 0.1) is 6.92 Å². The van der Waals surface area contributed by atoms with Gasteiger partial charge in [0.05, 0.1) is 24.0 Å². The highest BCUT2D eigenvalue weighted by atomic mass is 32.1. The molecule has 0 bridgehead atoms. The Hall–Kier alpha value is -2.41. The lowest BCUT2D eigenvalue weighted by molar-refractivity contribution is -0.123. The number of hydrogen-bond acceptors (Lipinski definition) is 6. The number of hydrogen-bond donors (Lipinski definition) is 1. The topological polar surface area (TPSA) is 72.8 Å². The lowest BCUT2D eigenvalue weighted by Gasteiger charge is -2.05. The summed E-state index contributed by atoms with van der Waals surface area (Å²) in [6, 6.07) is 6.98. The molecule has 1 heterocycles. The van der Waals surface area contributed by atoms with E-state index in [2.05, 4.69) is 15.5 Å². The van der Waals surface area contributed by atoms with Gasteiger partial charge in [0.2, 0.25) is 0 Å². The predicted octanol–water partition coefficient (Wildman–Crippen LogP) is 1.99. The zero-order valence-corrected chi connectivity index (χ0v) is 12.5. The summed E-state index contributed by atoms with van der Waals surface area (Å²) >= 11 is 1.52. The Morgan fingerprint density at radius 2 is 2.10 bits per heavy atom. The number of amides is 1. The van der Waals surface area contributed by atoms with Gasteiger partial charge >= 0.3 is 0 Å². The number of benzene rings is 1. The molecule has 0 unspecified atom stereocenters. The maximum Gasteiger partial charge on any atom is 0.277 e. The van der Waals surface area contributed by atoms with Gasteiger partial charge in [-0.3, -0.25) is 4.79 Å². The Bertz CT molecular complexity index is 623. The first-order chi connectivity index (χ1) is 10.2. The summed E-state index contributed by atoms with van der Waals surface area (Å²) in [4.78, 5) is 15.7. The van der Waals surface area contributed by atoms with Gasteiger partial charge in [-0.25, -0.2) is 10.4 Å². The van der Waals surface area contributed by atoms with Crippen molar-refractivity contribution in [3.8, 4) is 11.5 Å². The molecule has 1 aromatic heterocycles. The van der Waals surface area contributed by atoms with Crippen LogP contribution in [0.4, 0.5) is 0 Å². The Morgan fingerprint density at radius 3 is 2.71 bits per heavy atom. The Labute approximate surface area is 126 Å². The zero-order valence-electron chi connectivity index (χ0n) is 11.7. The first kappa shape index (κ1) is 15.0. The van der Waals surface area contributed by atoms with Gasteiger partial charge in [-0.2, -0.15) is 5.10 Å². The normalized spacial score (nSPS) is 10.6. The largest absolute Gasteiger partial charge is 0.497 e. The number of hydrazone groups is 1. The number of methoxy groups -OCH3 is 1. The van der Waals surface area contributed by atoms with Crippen molar-refractivity contribution in [1.82, 2.24) is 10.4 Å². The first-order valence-corrected chi connectivity index (χ1v) is 7.06. The van der Waals surface area contributed by atoms with Gasteiger partial charge in [0, 0.05) is 5.38 Å². The minimum Gasteiger partial charge on any atom is -0.497 e. The summed E-state index contributed by atoms with van der Waals surface area (Å²) in [7, 11) is 1.59. The fourth-order valence-corrected chi connectivity index (χ4v) is 2.03. The van der Waals surface area contributed by atoms with Crippen LogP contribution in [0.25, 0.3) is 0 Å². The van der Waals surface area contributed by atoms with E-state index in [0.29, 0.717) is 11.4 Å². The molecular formula is C14H15N3O3S. The number of thiazole rings is 1. The van der Waals surface area contributed by atoms with Crippen LogP contribution in [-0.4, -0.2) is 30.8 Å². The second-order valence-electron chi connectivity index (χ2n) is 4.05. The van der Waals surface area contributed by atoms with Crippen LogP contribution in [0.2, 0.25) is 0 Å². The van der Waals surface area contributed by atoms with Gasteiger partial charge in [0.25, 0.3) is 5.91 Å². The van der Waals surface area contributed by atoms with E-state index in [1.165, 1.54) is 17.6 Å². The SMILES string of the molecule is COc1ccc(OCC(=O)N/N=C\c2csc(C)n2)cc1. The van der Waals surface area contributed by atoms with Crippen molar-refractivity contribution in [1.29, 1.82) is 0 Å². The number of rotatable bonds is 6. The van der Waals surface area contributed by atoms with Crippen molar-refractivity contribution in [2.24, 2.45) is 5.10 Å². The second kappa shape index (κ2) is 7.39. The van der Waals surface area contributed by atoms with Crippen LogP contribution in [0.3, 0.4) is 0 Å². The molecule has 0 atom stereocenters. The third-order valence-electron chi connectivity index (χ3n) is 2.45. The number of aryl methyl sites for hydroxylation is 1. The lowest BCUT2D eigenvalue weighted by Crippen LogP contribution is -2.24. The van der Waals surface area contributed by atoms with Crippen molar-refractivity contribution in [2.75, 3.05) is 13.7 Å². The van der Waals surface area contributed by atoms with E-state index < -0.39 is 0 Å². The summed E-state index contributed by atoms with van der Waals surface area (Å²) < 4.78 is 10.4. The van der Waals surface area contributed by atoms with E-state index in [1.54, 1.807) is 31.4 Å². The fraction of sp³-hybridized carbons (Fsp3) is 0.214. The van der Waals surface area contributed by atoms with E-state index in [0.717, 1.165) is 10.8 Å². The highest BCUT2D eigenvalue weighted by Crippen LogP contribution is 2.16. The smallest absolute Gasteiger partial charge is 0.277 e. The molecule has 21 heavy (non-hydrogen) atoms. The maximum atomic E-state index is 11.5. The number of carbonyl (C=O) groups is 1. The minimum atomic E-state index is -0.339. The fourth-order valence-electron chi connectivity index (χ4n) is 1.46. The Kier molecular flexibility index (Phi) is 5.28. The molecule has 0 aliphatic carbocycles. The van der Waals surface area contributed by atoms with E-state index in [9.17, 15) is 4.79 Å². The quantitative estimate of drug-likeness (QED) is 0.654. The van der Waals surface area contributed by atoms with Crippen molar-refractivity contribution in [2.45, 2.75) is 6.92 Å². The summed E-state index contributed by atoms with van der Waals surface area (Å²) in [5.41, 5.74) is 3.10. The first-order valence-electron chi connectivity index (χ1n) is 6.18. The molecule has 2 aromatic rings. The summed E-state index contributed by atoms with van der Waals surface area (Å²) in [6.07, 6.45) is 1.49. The molecule has 0 radical (unpaired) electrons. The molecule has 1 amide bonds. The monoisotopic (exact) mass is 305 g/mol. The number of nitrogens with zero attached hydrogens (tertiary/aromatic N) is 2. The molecule has 0 fully saturated rings. The molecule has 1 N–H and O–H groups in total. The third kappa shape index (κ3) is 4.88. The van der Waals surface area contributed by atoms with Crippen LogP contribution < -0.4 is 14.9 Å². The number of carbonyl (C=O) groups excluding carboxylic acids is 1. The van der Waals surface area contributed by atoms with Crippen molar-refractivity contribution < 1.29 is 14.3 Å². The highest BCUT2D eigenvalue weighted by Gasteiger charge is 2.02. The standard InChI is InChI=1S/C14H15N3O3S/c1-10-16-11(9-21-10)7-15-17-14(18)8-20-13-5-3-12(19-2)4-6-13/h3-7,9H,8H2,1-2H3,(H,17,18)/b15-7-. The molecule has 0 aliphatic rings. The minimum absolute atomic E-state index is 0.111. The maximum absolute atomic E-state index is 11.5. The molecule has 0 saturated heterocycles. The summed E-state index contributed by atoms with van der Waals surface area (Å²) in [6.45, 7) is 1.79. The third-order valence-corrected chi connectivity index (χ3v) is 3.24. The van der Waals surface area contributed by atoms with E-state index >= 15 is 0 Å². The van der Waals surface area contributed by atoms with E-state index in [-0.39, 0.29) is 12.5 Å². The van der Waals surface area contributed by atoms with E-state index in [4.69, 9.17) is 9.47 Å². The molecular weight excluding hydrogens is 290 g/mol. The van der Waals surface area contributed by atoms with Crippen LogP contribution in [-0.2, 0) is 4.79 Å². The van der Waals surface area contributed by atoms with Gasteiger partial charge in [0.15, 0.2) is 6.61 Å². The highest BCUT2D eigenvalue weighted by molar-refractivity contribution is 7.09. The molecule has 7 heteroatoms. The molecule has 1 aromatic carbocycles. The van der Waals surface area contributed by atoms with Crippen LogP contribution in [0.5, 0.6) is 11.5 Å². The number of ether oxygens (including phenoxy) is 2. The molecule has 0 spiro atoms. The summed E-state index contributed by atoms with van der Waals surface area (Å²) in [5.74, 6) is 0.981. The number of aromatic nitrogens is 1. The molecule has 2 rings (SSSR count). The molecule has 110 valence electrons. The molecule has 0 saturated carbocycles. The van der Waals surface area contributed by atoms with Crippen LogP contribution in [0.1, 0.15) is 10.7 Å². The van der Waals surface area contributed by atoms with Crippen LogP contribution >= 0.6 is 11.3 Å². The van der Waals surface area contributed by atoms with Crippen molar-refractivity contribution >= 4 is 23.5 Å². The average Bonchev–Trinajstić information content (AvgIpc) is 2.91. The van der Waals surface area contributed by atoms with Gasteiger partial charge in [-0.1, -0.05) is 0 Å². The van der Waals surface area contributed by atoms with Gasteiger partial charge < -0.3 is 9.47 Å². The average molecular weight is 305 g/mol. The second-order valence-corrected chi connectivity index (χ2v) is 5.11. The van der Waals surface area contributed by atoms with Gasteiger partial charge in [-0.15, -0.1) is 11.3 Å². The zero-order chi connectivity index (χ0) is 15.1. The van der Waals surface area contributed by atoms with Crippen molar-refractivity contribution in [3.05, 3.63) is 40.3 Å². The molecule has 0 aliphatic heterocycles. The van der Waals surface area contributed by atoms with Gasteiger partial charge in [-0.05, 0) is 31.2 Å². The van der Waals surface area contributed by atoms with Gasteiger partial charge in [0.1, 0.15) is 11.5 Å². The number of nitrogens with one attached hydrogen (secondary N) is 1. The van der Waals surface area contributed by atoms with E-state index in [1.807, 2.05) is 12.3 Å². The lowest BCUT2D eigenvalue weighted by atomic mass is 10.3. The van der Waals surface area contributed by atoms with Crippen LogP contribution in [0.15, 0.2) is 34.7 Å². The Morgan fingerprint density at radius 1 is 1.38 bits per heavy atom. The Balaban J connectivity index is 1.75. The van der Waals surface area contributed by atoms with Crippen molar-refractivity contribution in [3.63, 3.8) is 0 Å².